The van der Waals surface area contributed by atoms with Gasteiger partial charge in [0.05, 0.1) is 0 Å². The van der Waals surface area contributed by atoms with Gasteiger partial charge < -0.3 is 9.30 Å². The number of pyridine rings is 1. The summed E-state index contributed by atoms with van der Waals surface area (Å²) in [6.45, 7) is 15.3. The van der Waals surface area contributed by atoms with Gasteiger partial charge in [-0.2, -0.15) is 17.2 Å². The van der Waals surface area contributed by atoms with E-state index in [0.717, 1.165) is 60.4 Å². The van der Waals surface area contributed by atoms with Gasteiger partial charge in [-0.3, -0.25) is 4.68 Å². The molecule has 49 heavy (non-hydrogen) atoms. The SMILES string of the molecule is CCSc1nn(-c2[c-]c(Oc3[c-]c4c(cc3)c3ccccc3n4-c3cc(C)ccn3)ccc2)c(SCC)c1-c1c(C)c(C)cc(C)c1C.[Pd+2]. The van der Waals surface area contributed by atoms with Crippen molar-refractivity contribution in [1.29, 1.82) is 0 Å². The first-order valence-corrected chi connectivity index (χ1v) is 18.3. The molecule has 0 N–H and O–H groups in total. The van der Waals surface area contributed by atoms with Crippen molar-refractivity contribution in [2.45, 2.75) is 58.5 Å². The van der Waals surface area contributed by atoms with Gasteiger partial charge in [-0.05, 0) is 109 Å². The zero-order chi connectivity index (χ0) is 33.5. The quantitative estimate of drug-likeness (QED) is 0.0831. The van der Waals surface area contributed by atoms with Crippen LogP contribution in [-0.2, 0) is 20.4 Å². The molecule has 0 aliphatic heterocycles. The van der Waals surface area contributed by atoms with Gasteiger partial charge in [0.2, 0.25) is 0 Å². The van der Waals surface area contributed by atoms with Crippen molar-refractivity contribution < 1.29 is 25.2 Å². The molecule has 3 aromatic heterocycles. The molecule has 0 aliphatic rings. The van der Waals surface area contributed by atoms with Crippen molar-refractivity contribution in [3.05, 3.63) is 119 Å². The normalized spacial score (nSPS) is 11.3. The van der Waals surface area contributed by atoms with E-state index in [-0.39, 0.29) is 20.4 Å². The second-order valence-electron chi connectivity index (χ2n) is 12.0. The molecule has 4 aromatic carbocycles. The zero-order valence-corrected chi connectivity index (χ0v) is 31.9. The fourth-order valence-corrected chi connectivity index (χ4v) is 8.11. The average molecular weight is 773 g/mol. The van der Waals surface area contributed by atoms with Gasteiger partial charge in [-0.15, -0.1) is 59.2 Å². The molecule has 0 radical (unpaired) electrons. The molecule has 8 heteroatoms. The van der Waals surface area contributed by atoms with Crippen LogP contribution in [0.15, 0.2) is 89.0 Å². The molecule has 0 aliphatic carbocycles. The van der Waals surface area contributed by atoms with Crippen LogP contribution in [0.4, 0.5) is 0 Å². The number of ether oxygens (including phenoxy) is 1. The van der Waals surface area contributed by atoms with Crippen LogP contribution in [0.2, 0.25) is 0 Å². The van der Waals surface area contributed by atoms with E-state index < -0.39 is 0 Å². The summed E-state index contributed by atoms with van der Waals surface area (Å²) in [6, 6.07) is 32.0. The Morgan fingerprint density at radius 2 is 1.47 bits per heavy atom. The van der Waals surface area contributed by atoms with Gasteiger partial charge in [0, 0.05) is 28.8 Å². The van der Waals surface area contributed by atoms with E-state index in [0.29, 0.717) is 11.5 Å². The number of benzene rings is 4. The molecule has 7 aromatic rings. The van der Waals surface area contributed by atoms with E-state index >= 15 is 0 Å². The molecule has 7 rings (SSSR count). The summed E-state index contributed by atoms with van der Waals surface area (Å²) in [4.78, 5) is 4.71. The molecule has 0 saturated carbocycles. The van der Waals surface area contributed by atoms with Crippen LogP contribution in [0.1, 0.15) is 41.7 Å². The molecule has 0 fully saturated rings. The Bertz CT molecular complexity index is 2300. The van der Waals surface area contributed by atoms with Gasteiger partial charge in [0.1, 0.15) is 15.9 Å². The van der Waals surface area contributed by atoms with Crippen molar-refractivity contribution in [3.63, 3.8) is 0 Å². The summed E-state index contributed by atoms with van der Waals surface area (Å²) < 4.78 is 10.7. The van der Waals surface area contributed by atoms with Gasteiger partial charge >= 0.3 is 20.4 Å². The van der Waals surface area contributed by atoms with Crippen LogP contribution in [0.5, 0.6) is 11.5 Å². The number of nitrogens with zero attached hydrogens (tertiary/aromatic N) is 4. The predicted molar refractivity (Wildman–Crippen MR) is 202 cm³/mol. The third kappa shape index (κ3) is 6.48. The number of aryl methyl sites for hydroxylation is 3. The second-order valence-corrected chi connectivity index (χ2v) is 14.5. The van der Waals surface area contributed by atoms with Gasteiger partial charge in [-0.25, -0.2) is 4.98 Å². The first-order valence-electron chi connectivity index (χ1n) is 16.3. The number of aromatic nitrogens is 4. The Labute approximate surface area is 311 Å². The van der Waals surface area contributed by atoms with E-state index in [9.17, 15) is 0 Å². The third-order valence-corrected chi connectivity index (χ3v) is 10.7. The topological polar surface area (TPSA) is 44.9 Å². The van der Waals surface area contributed by atoms with E-state index in [4.69, 9.17) is 14.8 Å². The van der Waals surface area contributed by atoms with Crippen molar-refractivity contribution in [2.24, 2.45) is 0 Å². The van der Waals surface area contributed by atoms with E-state index in [1.54, 1.807) is 11.8 Å². The molecular weight excluding hydrogens is 735 g/mol. The Hall–Kier alpha value is -3.80. The third-order valence-electron chi connectivity index (χ3n) is 8.88. The number of rotatable bonds is 9. The summed E-state index contributed by atoms with van der Waals surface area (Å²) in [5.74, 6) is 3.93. The number of fused-ring (bicyclic) bond motifs is 3. The minimum atomic E-state index is 0. The van der Waals surface area contributed by atoms with Crippen LogP contribution in [0, 0.1) is 46.8 Å². The predicted octanol–water partition coefficient (Wildman–Crippen LogP) is 11.2. The summed E-state index contributed by atoms with van der Waals surface area (Å²) in [7, 11) is 0. The molecule has 0 bridgehead atoms. The van der Waals surface area contributed by atoms with Crippen molar-refractivity contribution >= 4 is 45.3 Å². The minimum absolute atomic E-state index is 0. The van der Waals surface area contributed by atoms with E-state index in [2.05, 4.69) is 118 Å². The molecular formula is C41H38N4OPdS2. The van der Waals surface area contributed by atoms with Crippen molar-refractivity contribution in [3.8, 4) is 34.1 Å². The van der Waals surface area contributed by atoms with Crippen molar-refractivity contribution in [1.82, 2.24) is 19.3 Å². The number of hydrogen-bond acceptors (Lipinski definition) is 5. The Morgan fingerprint density at radius 3 is 2.20 bits per heavy atom. The van der Waals surface area contributed by atoms with Crippen LogP contribution in [0.25, 0.3) is 44.4 Å². The van der Waals surface area contributed by atoms with Crippen molar-refractivity contribution in [2.75, 3.05) is 11.5 Å². The van der Waals surface area contributed by atoms with E-state index in [1.807, 2.05) is 42.2 Å². The number of hydrogen-bond donors (Lipinski definition) is 0. The molecule has 0 spiro atoms. The Morgan fingerprint density at radius 1 is 0.735 bits per heavy atom. The van der Waals surface area contributed by atoms with Crippen LogP contribution in [0.3, 0.4) is 0 Å². The Kier molecular flexibility index (Phi) is 10.4. The summed E-state index contributed by atoms with van der Waals surface area (Å²) >= 11 is 3.61. The van der Waals surface area contributed by atoms with Gasteiger partial charge in [0.15, 0.2) is 0 Å². The van der Waals surface area contributed by atoms with Gasteiger partial charge in [0.25, 0.3) is 0 Å². The maximum absolute atomic E-state index is 6.50. The van der Waals surface area contributed by atoms with Crippen LogP contribution in [-0.4, -0.2) is 30.8 Å². The smallest absolute Gasteiger partial charge is 0.509 e. The molecule has 3 heterocycles. The fourth-order valence-electron chi connectivity index (χ4n) is 6.41. The minimum Gasteiger partial charge on any atom is -0.509 e. The molecule has 250 valence electrons. The summed E-state index contributed by atoms with van der Waals surface area (Å²) in [5, 5.41) is 9.64. The summed E-state index contributed by atoms with van der Waals surface area (Å²) in [5.41, 5.74) is 11.7. The Balaban J connectivity index is 0.00000417. The molecule has 0 unspecified atom stereocenters. The largest absolute Gasteiger partial charge is 2.00 e. The molecule has 5 nitrogen and oxygen atoms in total. The monoisotopic (exact) mass is 772 g/mol. The van der Waals surface area contributed by atoms with Crippen LogP contribution < -0.4 is 4.74 Å². The molecule has 0 amide bonds. The van der Waals surface area contributed by atoms with Gasteiger partial charge in [-0.1, -0.05) is 43.6 Å². The first-order chi connectivity index (χ1) is 23.3. The number of para-hydroxylation sites is 1. The van der Waals surface area contributed by atoms with Crippen LogP contribution >= 0.6 is 23.5 Å². The van der Waals surface area contributed by atoms with E-state index in [1.165, 1.54) is 33.4 Å². The molecule has 0 saturated heterocycles. The number of thioether (sulfide) groups is 2. The first kappa shape index (κ1) is 35.0. The zero-order valence-electron chi connectivity index (χ0n) is 28.7. The second kappa shape index (κ2) is 14.6. The average Bonchev–Trinajstić information content (AvgIpc) is 3.59. The summed E-state index contributed by atoms with van der Waals surface area (Å²) in [6.07, 6.45) is 1.85. The maximum atomic E-state index is 6.50. The molecule has 0 atom stereocenters. The fraction of sp³-hybridized carbons (Fsp3) is 0.220. The maximum Gasteiger partial charge on any atom is 2.00 e. The standard InChI is InChI=1S/C41H38N4OS2.Pd/c1-8-47-40-39(38-28(6)26(4)22-27(5)29(38)7)41(48-9-2)45(43-40)30-13-12-14-31(23-30)46-32-17-18-34-33-15-10-11-16-35(33)44(36(34)24-32)37-21-25(3)19-20-42-37;/h10-22H,8-9H2,1-7H3;/q-2;+2.